The Balaban J connectivity index is 3.10. The minimum atomic E-state index is -4.12. The van der Waals surface area contributed by atoms with Crippen LogP contribution in [0.4, 0.5) is 5.00 Å². The number of nitrogens with one attached hydrogen (secondary N) is 1. The number of anilines is 1. The van der Waals surface area contributed by atoms with E-state index in [0.717, 1.165) is 18.3 Å². The number of thiophene rings is 1. The first kappa shape index (κ1) is 16.4. The molecule has 1 heterocycles. The Morgan fingerprint density at radius 1 is 1.50 bits per heavy atom. The van der Waals surface area contributed by atoms with Crippen molar-refractivity contribution in [3.63, 3.8) is 0 Å². The number of carboxylic acids is 1. The molecule has 1 aromatic rings. The van der Waals surface area contributed by atoms with Gasteiger partial charge in [-0.1, -0.05) is 0 Å². The number of hydrogen-bond acceptors (Lipinski definition) is 6. The van der Waals surface area contributed by atoms with E-state index >= 15 is 0 Å². The summed E-state index contributed by atoms with van der Waals surface area (Å²) < 4.78 is 30.7. The highest BCUT2D eigenvalue weighted by atomic mass is 32.2. The Bertz CT molecular complexity index is 619. The van der Waals surface area contributed by atoms with Gasteiger partial charge in [0.05, 0.1) is 12.2 Å². The Morgan fingerprint density at radius 3 is 2.60 bits per heavy atom. The molecule has 0 spiro atoms. The predicted octanol–water partition coefficient (Wildman–Crippen LogP) is 1.45. The minimum absolute atomic E-state index is 0.0639. The Morgan fingerprint density at radius 2 is 2.10 bits per heavy atom. The molecule has 0 radical (unpaired) electrons. The summed E-state index contributed by atoms with van der Waals surface area (Å²) in [4.78, 5) is 23.2. The van der Waals surface area contributed by atoms with E-state index in [9.17, 15) is 18.0 Å². The molecule has 0 aliphatic carbocycles. The zero-order chi connectivity index (χ0) is 15.5. The third kappa shape index (κ3) is 3.70. The van der Waals surface area contributed by atoms with Crippen molar-refractivity contribution in [1.82, 2.24) is 0 Å². The van der Waals surface area contributed by atoms with E-state index in [2.05, 4.69) is 4.72 Å². The van der Waals surface area contributed by atoms with Crippen molar-refractivity contribution in [2.75, 3.05) is 11.3 Å². The summed E-state index contributed by atoms with van der Waals surface area (Å²) in [6.45, 7) is 4.54. The van der Waals surface area contributed by atoms with E-state index in [-0.39, 0.29) is 17.2 Å². The number of hydrogen-bond donors (Lipinski definition) is 2. The van der Waals surface area contributed by atoms with Gasteiger partial charge in [0.1, 0.15) is 5.00 Å². The SMILES string of the molecule is CCOC(=O)c1cc(C)sc1NS(=O)(=O)C(C)C(=O)O. The fraction of sp³-hybridized carbons (Fsp3) is 0.455. The molecular weight excluding hydrogens is 306 g/mol. The molecule has 0 aliphatic heterocycles. The van der Waals surface area contributed by atoms with E-state index in [0.29, 0.717) is 4.88 Å². The average molecular weight is 321 g/mol. The van der Waals surface area contributed by atoms with Gasteiger partial charge in [-0.25, -0.2) is 13.2 Å². The smallest absolute Gasteiger partial charge is 0.341 e. The van der Waals surface area contributed by atoms with Crippen molar-refractivity contribution in [1.29, 1.82) is 0 Å². The van der Waals surface area contributed by atoms with Crippen molar-refractivity contribution in [2.45, 2.75) is 26.0 Å². The minimum Gasteiger partial charge on any atom is -0.480 e. The highest BCUT2D eigenvalue weighted by molar-refractivity contribution is 7.94. The van der Waals surface area contributed by atoms with Crippen molar-refractivity contribution in [3.05, 3.63) is 16.5 Å². The van der Waals surface area contributed by atoms with Crippen LogP contribution >= 0.6 is 11.3 Å². The second kappa shape index (κ2) is 6.23. The van der Waals surface area contributed by atoms with Gasteiger partial charge in [0, 0.05) is 4.88 Å². The van der Waals surface area contributed by atoms with Crippen LogP contribution in [0.3, 0.4) is 0 Å². The first-order valence-corrected chi connectivity index (χ1v) is 8.07. The molecule has 20 heavy (non-hydrogen) atoms. The Kier molecular flexibility index (Phi) is 5.12. The molecule has 1 unspecified atom stereocenters. The molecular formula is C11H15NO6S2. The van der Waals surface area contributed by atoms with Crippen molar-refractivity contribution < 1.29 is 27.9 Å². The molecule has 1 aromatic heterocycles. The predicted molar refractivity (Wildman–Crippen MR) is 74.7 cm³/mol. The number of aryl methyl sites for hydroxylation is 1. The molecule has 0 saturated carbocycles. The van der Waals surface area contributed by atoms with Crippen LogP contribution < -0.4 is 4.72 Å². The summed E-state index contributed by atoms with van der Waals surface area (Å²) in [5.41, 5.74) is 0.0792. The lowest BCUT2D eigenvalue weighted by Crippen LogP contribution is -2.32. The Labute approximate surface area is 120 Å². The normalized spacial score (nSPS) is 12.8. The van der Waals surface area contributed by atoms with Gasteiger partial charge in [-0.3, -0.25) is 9.52 Å². The second-order valence-electron chi connectivity index (χ2n) is 3.95. The highest BCUT2D eigenvalue weighted by Crippen LogP contribution is 2.29. The molecule has 0 bridgehead atoms. The van der Waals surface area contributed by atoms with Gasteiger partial charge in [0.25, 0.3) is 0 Å². The number of carbonyl (C=O) groups is 2. The first-order chi connectivity index (χ1) is 9.19. The van der Waals surface area contributed by atoms with Crippen molar-refractivity contribution in [2.24, 2.45) is 0 Å². The van der Waals surface area contributed by atoms with Gasteiger partial charge in [-0.15, -0.1) is 11.3 Å². The molecule has 0 saturated heterocycles. The lowest BCUT2D eigenvalue weighted by Gasteiger charge is -2.11. The number of esters is 1. The third-order valence-corrected chi connectivity index (χ3v) is 5.12. The maximum atomic E-state index is 11.8. The molecule has 112 valence electrons. The topological polar surface area (TPSA) is 110 Å². The number of aliphatic carboxylic acids is 1. The molecule has 0 aromatic carbocycles. The van der Waals surface area contributed by atoms with Crippen LogP contribution in [0.5, 0.6) is 0 Å². The second-order valence-corrected chi connectivity index (χ2v) is 7.21. The molecule has 1 atom stereocenters. The third-order valence-electron chi connectivity index (χ3n) is 2.40. The highest BCUT2D eigenvalue weighted by Gasteiger charge is 2.30. The first-order valence-electron chi connectivity index (χ1n) is 5.71. The lowest BCUT2D eigenvalue weighted by molar-refractivity contribution is -0.136. The summed E-state index contributed by atoms with van der Waals surface area (Å²) in [6, 6.07) is 1.49. The molecule has 1 rings (SSSR count). The monoisotopic (exact) mass is 321 g/mol. The molecule has 2 N–H and O–H groups in total. The van der Waals surface area contributed by atoms with E-state index < -0.39 is 27.2 Å². The van der Waals surface area contributed by atoms with E-state index in [4.69, 9.17) is 9.84 Å². The van der Waals surface area contributed by atoms with Gasteiger partial charge in [-0.05, 0) is 26.8 Å². The van der Waals surface area contributed by atoms with Crippen LogP contribution in [0.1, 0.15) is 29.1 Å². The van der Waals surface area contributed by atoms with Gasteiger partial charge < -0.3 is 9.84 Å². The van der Waals surface area contributed by atoms with Crippen LogP contribution in [-0.4, -0.2) is 37.3 Å². The molecule has 0 fully saturated rings. The molecule has 0 amide bonds. The van der Waals surface area contributed by atoms with E-state index in [1.54, 1.807) is 13.8 Å². The van der Waals surface area contributed by atoms with Gasteiger partial charge in [0.2, 0.25) is 10.0 Å². The summed E-state index contributed by atoms with van der Waals surface area (Å²) in [7, 11) is -4.12. The quantitative estimate of drug-likeness (QED) is 0.767. The zero-order valence-corrected chi connectivity index (χ0v) is 12.8. The average Bonchev–Trinajstić information content (AvgIpc) is 2.68. The number of rotatable bonds is 6. The van der Waals surface area contributed by atoms with Crippen LogP contribution in [-0.2, 0) is 19.6 Å². The van der Waals surface area contributed by atoms with E-state index in [1.807, 2.05) is 0 Å². The summed E-state index contributed by atoms with van der Waals surface area (Å²) in [5.74, 6) is -2.12. The number of sulfonamides is 1. The summed E-state index contributed by atoms with van der Waals surface area (Å²) in [5, 5.41) is 7.20. The number of ether oxygens (including phenoxy) is 1. The van der Waals surface area contributed by atoms with Crippen molar-refractivity contribution in [3.8, 4) is 0 Å². The molecule has 7 nitrogen and oxygen atoms in total. The van der Waals surface area contributed by atoms with Gasteiger partial charge >= 0.3 is 11.9 Å². The van der Waals surface area contributed by atoms with Gasteiger partial charge in [0.15, 0.2) is 5.25 Å². The molecule has 9 heteroatoms. The Hall–Kier alpha value is -1.61. The fourth-order valence-electron chi connectivity index (χ4n) is 1.30. The summed E-state index contributed by atoms with van der Waals surface area (Å²) >= 11 is 1.04. The standard InChI is InChI=1S/C11H15NO6S2/c1-4-18-11(15)8-5-6(2)19-9(8)12-20(16,17)7(3)10(13)14/h5,7,12H,4H2,1-3H3,(H,13,14). The number of carboxylic acid groups (broad SMARTS) is 1. The van der Waals surface area contributed by atoms with Gasteiger partial charge in [-0.2, -0.15) is 0 Å². The van der Waals surface area contributed by atoms with Crippen LogP contribution in [0.2, 0.25) is 0 Å². The zero-order valence-electron chi connectivity index (χ0n) is 11.2. The maximum Gasteiger partial charge on any atom is 0.341 e. The van der Waals surface area contributed by atoms with E-state index in [1.165, 1.54) is 6.07 Å². The van der Waals surface area contributed by atoms with Crippen LogP contribution in [0.25, 0.3) is 0 Å². The summed E-state index contributed by atoms with van der Waals surface area (Å²) in [6.07, 6.45) is 0. The maximum absolute atomic E-state index is 11.8. The van der Waals surface area contributed by atoms with Crippen LogP contribution in [0, 0.1) is 6.92 Å². The molecule has 0 aliphatic rings. The van der Waals surface area contributed by atoms with Crippen LogP contribution in [0.15, 0.2) is 6.07 Å². The van der Waals surface area contributed by atoms with Crippen molar-refractivity contribution >= 4 is 38.3 Å². The largest absolute Gasteiger partial charge is 0.480 e. The lowest BCUT2D eigenvalue weighted by atomic mass is 10.3. The number of carbonyl (C=O) groups excluding carboxylic acids is 1. The fourth-order valence-corrected chi connectivity index (χ4v) is 3.38.